The number of anilines is 1. The summed E-state index contributed by atoms with van der Waals surface area (Å²) in [5.41, 5.74) is 2.15. The van der Waals surface area contributed by atoms with Crippen LogP contribution in [-0.2, 0) is 4.79 Å². The average Bonchev–Trinajstić information content (AvgIpc) is 2.62. The van der Waals surface area contributed by atoms with E-state index < -0.39 is 4.92 Å². The quantitative estimate of drug-likeness (QED) is 0.422. The Labute approximate surface area is 162 Å². The second-order valence-corrected chi connectivity index (χ2v) is 7.40. The third-order valence-corrected chi connectivity index (χ3v) is 5.62. The number of fused-ring (bicyclic) bond motifs is 3. The maximum atomic E-state index is 12.4. The molecule has 0 fully saturated rings. The summed E-state index contributed by atoms with van der Waals surface area (Å²) in [5.74, 6) is -0.496. The number of nitrogens with one attached hydrogen (secondary N) is 1. The Balaban J connectivity index is 1.98. The second-order valence-electron chi connectivity index (χ2n) is 6.14. The Morgan fingerprint density at radius 3 is 2.58 bits per heavy atom. The summed E-state index contributed by atoms with van der Waals surface area (Å²) in [6.45, 7) is 0. The highest BCUT2D eigenvalue weighted by Gasteiger charge is 2.30. The maximum absolute atomic E-state index is 12.4. The van der Waals surface area contributed by atoms with E-state index in [1.165, 1.54) is 18.2 Å². The van der Waals surface area contributed by atoms with Crippen LogP contribution >= 0.6 is 27.5 Å². The van der Waals surface area contributed by atoms with E-state index in [-0.39, 0.29) is 23.9 Å². The van der Waals surface area contributed by atoms with Gasteiger partial charge < -0.3 is 5.32 Å². The molecule has 1 heterocycles. The van der Waals surface area contributed by atoms with Gasteiger partial charge in [-0.2, -0.15) is 0 Å². The van der Waals surface area contributed by atoms with Gasteiger partial charge in [0, 0.05) is 39.4 Å². The van der Waals surface area contributed by atoms with Crippen molar-refractivity contribution < 1.29 is 9.72 Å². The Hall–Kier alpha value is -2.44. The lowest BCUT2D eigenvalue weighted by molar-refractivity contribution is -0.384. The molecule has 4 rings (SSSR count). The van der Waals surface area contributed by atoms with Crippen LogP contribution in [0.2, 0.25) is 5.02 Å². The van der Waals surface area contributed by atoms with Crippen molar-refractivity contribution in [2.24, 2.45) is 0 Å². The first-order chi connectivity index (χ1) is 12.5. The number of amides is 1. The normalized spacial score (nSPS) is 16.2. The molecule has 26 heavy (non-hydrogen) atoms. The molecule has 1 aliphatic heterocycles. The van der Waals surface area contributed by atoms with Gasteiger partial charge in [0.05, 0.1) is 10.6 Å². The van der Waals surface area contributed by atoms with Gasteiger partial charge in [-0.05, 0) is 28.6 Å². The molecule has 0 saturated carbocycles. The molecular formula is C19H12BrClN2O3. The van der Waals surface area contributed by atoms with Gasteiger partial charge in [0.25, 0.3) is 5.69 Å². The largest absolute Gasteiger partial charge is 0.325 e. The van der Waals surface area contributed by atoms with Crippen molar-refractivity contribution in [3.63, 3.8) is 0 Å². The average molecular weight is 432 g/mol. The fourth-order valence-electron chi connectivity index (χ4n) is 3.44. The third kappa shape index (κ3) is 2.75. The van der Waals surface area contributed by atoms with E-state index in [2.05, 4.69) is 21.2 Å². The summed E-state index contributed by atoms with van der Waals surface area (Å²) in [6, 6.07) is 14.0. The molecule has 0 aliphatic carbocycles. The topological polar surface area (TPSA) is 72.2 Å². The van der Waals surface area contributed by atoms with Crippen LogP contribution in [0.15, 0.2) is 53.0 Å². The summed E-state index contributed by atoms with van der Waals surface area (Å²) >= 11 is 9.93. The lowest BCUT2D eigenvalue weighted by atomic mass is 9.83. The van der Waals surface area contributed by atoms with Crippen molar-refractivity contribution in [1.82, 2.24) is 0 Å². The smallest absolute Gasteiger partial charge is 0.269 e. The summed E-state index contributed by atoms with van der Waals surface area (Å²) < 4.78 is 0.898. The number of nitro benzene ring substituents is 1. The molecule has 3 aromatic rings. The van der Waals surface area contributed by atoms with Crippen LogP contribution in [-0.4, -0.2) is 10.8 Å². The number of benzene rings is 3. The lowest BCUT2D eigenvalue weighted by Gasteiger charge is -2.28. The van der Waals surface area contributed by atoms with Crippen LogP contribution in [0.5, 0.6) is 0 Å². The van der Waals surface area contributed by atoms with Gasteiger partial charge >= 0.3 is 0 Å². The standard InChI is InChI=1S/C19H12BrClN2O3/c20-16-8-15-13(14-7-10(23(25)26)5-6-17(14)21)9-18(24)22-19(15)12-4-2-1-3-11(12)16/h1-8,13H,9H2,(H,22,24). The molecule has 1 unspecified atom stereocenters. The van der Waals surface area contributed by atoms with Gasteiger partial charge in [0.1, 0.15) is 0 Å². The van der Waals surface area contributed by atoms with E-state index in [0.29, 0.717) is 10.6 Å². The van der Waals surface area contributed by atoms with Gasteiger partial charge in [-0.1, -0.05) is 51.8 Å². The molecule has 5 nitrogen and oxygen atoms in total. The number of hydrogen-bond acceptors (Lipinski definition) is 3. The van der Waals surface area contributed by atoms with Crippen LogP contribution < -0.4 is 5.32 Å². The van der Waals surface area contributed by atoms with Crippen molar-refractivity contribution in [3.8, 4) is 0 Å². The van der Waals surface area contributed by atoms with Gasteiger partial charge in [-0.15, -0.1) is 0 Å². The molecule has 3 aromatic carbocycles. The number of nitro groups is 1. The minimum absolute atomic E-state index is 0.0446. The lowest BCUT2D eigenvalue weighted by Crippen LogP contribution is -2.24. The molecule has 130 valence electrons. The van der Waals surface area contributed by atoms with Crippen LogP contribution in [0, 0.1) is 10.1 Å². The number of non-ortho nitro benzene ring substituents is 1. The van der Waals surface area contributed by atoms with E-state index in [4.69, 9.17) is 11.6 Å². The van der Waals surface area contributed by atoms with Crippen molar-refractivity contribution in [1.29, 1.82) is 0 Å². The van der Waals surface area contributed by atoms with Gasteiger partial charge in [0.15, 0.2) is 0 Å². The summed E-state index contributed by atoms with van der Waals surface area (Å²) in [5, 5.41) is 16.4. The zero-order valence-corrected chi connectivity index (χ0v) is 15.7. The number of carbonyl (C=O) groups excluding carboxylic acids is 1. The fourth-order valence-corrected chi connectivity index (χ4v) is 4.28. The Morgan fingerprint density at radius 2 is 1.85 bits per heavy atom. The highest BCUT2D eigenvalue weighted by Crippen LogP contribution is 2.45. The highest BCUT2D eigenvalue weighted by atomic mass is 79.9. The minimum Gasteiger partial charge on any atom is -0.325 e. The van der Waals surface area contributed by atoms with Crippen LogP contribution in [0.4, 0.5) is 11.4 Å². The van der Waals surface area contributed by atoms with E-state index in [1.54, 1.807) is 0 Å². The molecule has 0 bridgehead atoms. The van der Waals surface area contributed by atoms with Gasteiger partial charge in [-0.25, -0.2) is 0 Å². The summed E-state index contributed by atoms with van der Waals surface area (Å²) in [4.78, 5) is 23.1. The van der Waals surface area contributed by atoms with Crippen molar-refractivity contribution in [2.75, 3.05) is 5.32 Å². The molecule has 7 heteroatoms. The van der Waals surface area contributed by atoms with Crippen molar-refractivity contribution in [3.05, 3.63) is 79.3 Å². The Bertz CT molecular complexity index is 1080. The van der Waals surface area contributed by atoms with Crippen molar-refractivity contribution >= 4 is 55.6 Å². The molecular weight excluding hydrogens is 420 g/mol. The molecule has 0 radical (unpaired) electrons. The van der Waals surface area contributed by atoms with Gasteiger partial charge in [-0.3, -0.25) is 14.9 Å². The number of halogens is 2. The molecule has 1 amide bonds. The first-order valence-electron chi connectivity index (χ1n) is 7.90. The monoisotopic (exact) mass is 430 g/mol. The summed E-state index contributed by atoms with van der Waals surface area (Å²) in [7, 11) is 0. The molecule has 1 aliphatic rings. The summed E-state index contributed by atoms with van der Waals surface area (Å²) in [6.07, 6.45) is 0.179. The Kier molecular flexibility index (Phi) is 4.17. The molecule has 1 atom stereocenters. The van der Waals surface area contributed by atoms with Crippen LogP contribution in [0.25, 0.3) is 10.8 Å². The maximum Gasteiger partial charge on any atom is 0.269 e. The van der Waals surface area contributed by atoms with E-state index >= 15 is 0 Å². The minimum atomic E-state index is -0.458. The van der Waals surface area contributed by atoms with Gasteiger partial charge in [0.2, 0.25) is 5.91 Å². The van der Waals surface area contributed by atoms with Crippen LogP contribution in [0.3, 0.4) is 0 Å². The number of carbonyl (C=O) groups is 1. The Morgan fingerprint density at radius 1 is 1.12 bits per heavy atom. The van der Waals surface area contributed by atoms with Crippen LogP contribution in [0.1, 0.15) is 23.5 Å². The fraction of sp³-hybridized carbons (Fsp3) is 0.105. The van der Waals surface area contributed by atoms with E-state index in [0.717, 1.165) is 26.5 Å². The zero-order chi connectivity index (χ0) is 18.4. The molecule has 0 aromatic heterocycles. The first kappa shape index (κ1) is 17.0. The second kappa shape index (κ2) is 6.37. The number of rotatable bonds is 2. The van der Waals surface area contributed by atoms with E-state index in [9.17, 15) is 14.9 Å². The first-order valence-corrected chi connectivity index (χ1v) is 9.07. The molecule has 0 spiro atoms. The molecule has 0 saturated heterocycles. The predicted octanol–water partition coefficient (Wildman–Crippen LogP) is 5.64. The highest BCUT2D eigenvalue weighted by molar-refractivity contribution is 9.10. The van der Waals surface area contributed by atoms with E-state index in [1.807, 2.05) is 30.3 Å². The molecule has 1 N–H and O–H groups in total. The van der Waals surface area contributed by atoms with Crippen molar-refractivity contribution in [2.45, 2.75) is 12.3 Å². The SMILES string of the molecule is O=C1CC(c2cc([N+](=O)[O-])ccc2Cl)c2cc(Br)c3ccccc3c2N1. The third-order valence-electron chi connectivity index (χ3n) is 4.62. The predicted molar refractivity (Wildman–Crippen MR) is 105 cm³/mol. The zero-order valence-electron chi connectivity index (χ0n) is 13.3. The number of nitrogens with zero attached hydrogens (tertiary/aromatic N) is 1. The number of hydrogen-bond donors (Lipinski definition) is 1.